The van der Waals surface area contributed by atoms with E-state index in [1.54, 1.807) is 0 Å². The highest BCUT2D eigenvalue weighted by Gasteiger charge is 2.12. The van der Waals surface area contributed by atoms with Gasteiger partial charge in [0.2, 0.25) is 0 Å². The maximum atomic E-state index is 11.0. The van der Waals surface area contributed by atoms with Crippen molar-refractivity contribution in [3.63, 3.8) is 0 Å². The molecule has 0 spiro atoms. The number of nitrogens with two attached hydrogens (primary N) is 1. The molecule has 1 aromatic heterocycles. The lowest BCUT2D eigenvalue weighted by atomic mass is 10.4. The van der Waals surface area contributed by atoms with Gasteiger partial charge in [0.15, 0.2) is 0 Å². The zero-order valence-corrected chi connectivity index (χ0v) is 10.5. The maximum absolute atomic E-state index is 11.0. The van der Waals surface area contributed by atoms with Crippen molar-refractivity contribution in [2.45, 2.75) is 25.0 Å². The highest BCUT2D eigenvalue weighted by Crippen LogP contribution is 2.20. The Kier molecular flexibility index (Phi) is 4.78. The molecule has 16 heavy (non-hydrogen) atoms. The van der Waals surface area contributed by atoms with Crippen LogP contribution in [0.2, 0.25) is 0 Å². The SMILES string of the molecule is CCn1nc(SC(=O)ON)cc1CN(C)C. The number of carbonyl (C=O) groups excluding carboxylic acids is 1. The average molecular weight is 244 g/mol. The molecule has 90 valence electrons. The predicted molar refractivity (Wildman–Crippen MR) is 61.8 cm³/mol. The molecule has 1 aromatic rings. The van der Waals surface area contributed by atoms with Crippen LogP contribution in [0.15, 0.2) is 11.1 Å². The molecule has 0 bridgehead atoms. The van der Waals surface area contributed by atoms with Crippen molar-refractivity contribution in [3.8, 4) is 0 Å². The summed E-state index contributed by atoms with van der Waals surface area (Å²) in [5.41, 5.74) is 1.06. The molecule has 0 aliphatic carbocycles. The summed E-state index contributed by atoms with van der Waals surface area (Å²) >= 11 is 0.884. The van der Waals surface area contributed by atoms with E-state index in [0.717, 1.165) is 30.5 Å². The Morgan fingerprint density at radius 3 is 2.88 bits per heavy atom. The second-order valence-corrected chi connectivity index (χ2v) is 4.45. The van der Waals surface area contributed by atoms with Crippen molar-refractivity contribution in [3.05, 3.63) is 11.8 Å². The standard InChI is InChI=1S/C9H16N4O2S/c1-4-13-7(6-12(2)3)5-8(11-13)16-9(14)15-10/h5H,4,6,10H2,1-3H3. The molecule has 1 heterocycles. The van der Waals surface area contributed by atoms with Gasteiger partial charge in [0.05, 0.1) is 5.69 Å². The Balaban J connectivity index is 2.80. The Hall–Kier alpha value is -1.05. The molecule has 0 radical (unpaired) electrons. The van der Waals surface area contributed by atoms with Crippen molar-refractivity contribution < 1.29 is 9.63 Å². The number of carbonyl (C=O) groups is 1. The Morgan fingerprint density at radius 1 is 1.69 bits per heavy atom. The van der Waals surface area contributed by atoms with E-state index in [9.17, 15) is 4.79 Å². The van der Waals surface area contributed by atoms with Crippen LogP contribution < -0.4 is 5.90 Å². The van der Waals surface area contributed by atoms with Crippen LogP contribution >= 0.6 is 11.8 Å². The lowest BCUT2D eigenvalue weighted by molar-refractivity contribution is 0.177. The minimum Gasteiger partial charge on any atom is -0.365 e. The van der Waals surface area contributed by atoms with E-state index in [-0.39, 0.29) is 0 Å². The highest BCUT2D eigenvalue weighted by molar-refractivity contribution is 8.13. The molecule has 0 saturated carbocycles. The van der Waals surface area contributed by atoms with Crippen LogP contribution in [-0.2, 0) is 17.9 Å². The van der Waals surface area contributed by atoms with E-state index in [4.69, 9.17) is 5.90 Å². The van der Waals surface area contributed by atoms with Crippen molar-refractivity contribution in [1.82, 2.24) is 14.7 Å². The molecule has 0 atom stereocenters. The van der Waals surface area contributed by atoms with E-state index in [1.807, 2.05) is 36.7 Å². The largest absolute Gasteiger partial charge is 0.392 e. The van der Waals surface area contributed by atoms with Gasteiger partial charge in [0.1, 0.15) is 5.03 Å². The van der Waals surface area contributed by atoms with Gasteiger partial charge in [-0.05, 0) is 27.1 Å². The molecule has 6 nitrogen and oxygen atoms in total. The van der Waals surface area contributed by atoms with E-state index in [2.05, 4.69) is 9.94 Å². The second kappa shape index (κ2) is 5.88. The fraction of sp³-hybridized carbons (Fsp3) is 0.556. The predicted octanol–water partition coefficient (Wildman–Crippen LogP) is 1.07. The molecule has 0 aliphatic heterocycles. The summed E-state index contributed by atoms with van der Waals surface area (Å²) in [4.78, 5) is 17.1. The number of hydrogen-bond acceptors (Lipinski definition) is 6. The molecule has 0 aromatic carbocycles. The van der Waals surface area contributed by atoms with E-state index in [1.165, 1.54) is 0 Å². The van der Waals surface area contributed by atoms with Crippen LogP contribution in [0.25, 0.3) is 0 Å². The van der Waals surface area contributed by atoms with Crippen molar-refractivity contribution in [2.24, 2.45) is 5.90 Å². The van der Waals surface area contributed by atoms with Gasteiger partial charge in [-0.25, -0.2) is 4.79 Å². The first-order chi connectivity index (χ1) is 7.56. The summed E-state index contributed by atoms with van der Waals surface area (Å²) in [7, 11) is 3.96. The van der Waals surface area contributed by atoms with Gasteiger partial charge in [-0.15, -0.1) is 0 Å². The van der Waals surface area contributed by atoms with Crippen LogP contribution in [0.1, 0.15) is 12.6 Å². The van der Waals surface area contributed by atoms with Crippen LogP contribution in [-0.4, -0.2) is 34.1 Å². The van der Waals surface area contributed by atoms with Gasteiger partial charge in [-0.1, -0.05) is 0 Å². The van der Waals surface area contributed by atoms with Crippen molar-refractivity contribution in [2.75, 3.05) is 14.1 Å². The summed E-state index contributed by atoms with van der Waals surface area (Å²) in [6.07, 6.45) is 0. The fourth-order valence-electron chi connectivity index (χ4n) is 1.31. The molecule has 1 rings (SSSR count). The number of hydrogen-bond donors (Lipinski definition) is 1. The Morgan fingerprint density at radius 2 is 2.38 bits per heavy atom. The molecule has 0 fully saturated rings. The zero-order chi connectivity index (χ0) is 12.1. The van der Waals surface area contributed by atoms with Crippen molar-refractivity contribution in [1.29, 1.82) is 0 Å². The summed E-state index contributed by atoms with van der Waals surface area (Å²) < 4.78 is 1.85. The first-order valence-corrected chi connectivity index (χ1v) is 5.68. The Labute approximate surface area is 98.7 Å². The normalized spacial score (nSPS) is 10.8. The van der Waals surface area contributed by atoms with Crippen LogP contribution in [0.3, 0.4) is 0 Å². The number of thioether (sulfide) groups is 1. The first-order valence-electron chi connectivity index (χ1n) is 4.86. The molecule has 0 saturated heterocycles. The van der Waals surface area contributed by atoms with Gasteiger partial charge in [-0.2, -0.15) is 11.0 Å². The van der Waals surface area contributed by atoms with E-state index >= 15 is 0 Å². The number of nitrogens with zero attached hydrogens (tertiary/aromatic N) is 3. The third kappa shape index (κ3) is 3.51. The topological polar surface area (TPSA) is 73.4 Å². The minimum absolute atomic E-state index is 0.558. The molecule has 2 N–H and O–H groups in total. The third-order valence-corrected chi connectivity index (χ3v) is 2.57. The Bertz CT molecular complexity index is 364. The zero-order valence-electron chi connectivity index (χ0n) is 9.64. The first kappa shape index (κ1) is 13.0. The van der Waals surface area contributed by atoms with Gasteiger partial charge >= 0.3 is 5.30 Å². The maximum Gasteiger partial charge on any atom is 0.392 e. The van der Waals surface area contributed by atoms with Gasteiger partial charge < -0.3 is 9.74 Å². The van der Waals surface area contributed by atoms with Crippen LogP contribution in [0, 0.1) is 0 Å². The summed E-state index contributed by atoms with van der Waals surface area (Å²) in [5, 5.41) is 4.31. The van der Waals surface area contributed by atoms with E-state index < -0.39 is 5.30 Å². The molecule has 7 heteroatoms. The second-order valence-electron chi connectivity index (χ2n) is 3.50. The lowest BCUT2D eigenvalue weighted by Crippen LogP contribution is -2.14. The highest BCUT2D eigenvalue weighted by atomic mass is 32.2. The summed E-state index contributed by atoms with van der Waals surface area (Å²) in [5.74, 6) is 4.76. The fourth-order valence-corrected chi connectivity index (χ4v) is 1.87. The van der Waals surface area contributed by atoms with Gasteiger partial charge in [0, 0.05) is 24.9 Å². The van der Waals surface area contributed by atoms with Crippen LogP contribution in [0.4, 0.5) is 4.79 Å². The van der Waals surface area contributed by atoms with E-state index in [0.29, 0.717) is 5.03 Å². The van der Waals surface area contributed by atoms with Crippen molar-refractivity contribution >= 4 is 17.1 Å². The quantitative estimate of drug-likeness (QED) is 0.631. The number of aryl methyl sites for hydroxylation is 1. The summed E-state index contributed by atoms with van der Waals surface area (Å²) in [6.45, 7) is 3.54. The van der Waals surface area contributed by atoms with Gasteiger partial charge in [-0.3, -0.25) is 4.68 Å². The smallest absolute Gasteiger partial charge is 0.365 e. The molecular formula is C9H16N4O2S. The monoisotopic (exact) mass is 244 g/mol. The summed E-state index contributed by atoms with van der Waals surface area (Å²) in [6, 6.07) is 1.87. The molecular weight excluding hydrogens is 228 g/mol. The molecule has 0 unspecified atom stereocenters. The minimum atomic E-state index is -0.558. The molecule has 0 aliphatic rings. The number of aromatic nitrogens is 2. The molecule has 0 amide bonds. The van der Waals surface area contributed by atoms with Crippen LogP contribution in [0.5, 0.6) is 0 Å². The lowest BCUT2D eigenvalue weighted by Gasteiger charge is -2.09. The third-order valence-electron chi connectivity index (χ3n) is 1.90. The van der Waals surface area contributed by atoms with Gasteiger partial charge in [0.25, 0.3) is 0 Å². The average Bonchev–Trinajstić information content (AvgIpc) is 2.59. The number of rotatable bonds is 4.